The molecule has 0 saturated heterocycles. The third-order valence-electron chi connectivity index (χ3n) is 2.98. The highest BCUT2D eigenvalue weighted by Gasteiger charge is 2.20. The molecule has 0 radical (unpaired) electrons. The van der Waals surface area contributed by atoms with Crippen LogP contribution in [0.15, 0.2) is 43.0 Å². The molecular formula is C18H26N2O2. The van der Waals surface area contributed by atoms with Gasteiger partial charge in [0.2, 0.25) is 11.8 Å². The van der Waals surface area contributed by atoms with E-state index in [0.717, 1.165) is 5.56 Å². The van der Waals surface area contributed by atoms with Crippen LogP contribution in [0.5, 0.6) is 0 Å². The van der Waals surface area contributed by atoms with Crippen molar-refractivity contribution in [3.8, 4) is 0 Å². The van der Waals surface area contributed by atoms with Crippen molar-refractivity contribution < 1.29 is 9.59 Å². The van der Waals surface area contributed by atoms with Crippen LogP contribution < -0.4 is 5.32 Å². The average molecular weight is 302 g/mol. The number of carbonyl (C=O) groups excluding carboxylic acids is 2. The lowest BCUT2D eigenvalue weighted by Crippen LogP contribution is -2.47. The highest BCUT2D eigenvalue weighted by Crippen LogP contribution is 2.08. The van der Waals surface area contributed by atoms with Gasteiger partial charge < -0.3 is 10.2 Å². The maximum absolute atomic E-state index is 12.3. The second kappa shape index (κ2) is 8.37. The summed E-state index contributed by atoms with van der Waals surface area (Å²) in [5, 5.41) is 2.89. The largest absolute Gasteiger partial charge is 0.350 e. The summed E-state index contributed by atoms with van der Waals surface area (Å²) < 4.78 is 0. The van der Waals surface area contributed by atoms with E-state index in [1.165, 1.54) is 0 Å². The molecule has 0 aliphatic rings. The van der Waals surface area contributed by atoms with Crippen molar-refractivity contribution in [3.05, 3.63) is 48.6 Å². The predicted octanol–water partition coefficient (Wildman–Crippen LogP) is 2.90. The highest BCUT2D eigenvalue weighted by atomic mass is 16.2. The number of amides is 2. The van der Waals surface area contributed by atoms with Crippen molar-refractivity contribution in [1.29, 1.82) is 0 Å². The van der Waals surface area contributed by atoms with E-state index < -0.39 is 0 Å². The minimum atomic E-state index is -0.306. The SMILES string of the molecule is C=CCCC(=O)N(CC(=O)NC(C)(C)C)Cc1ccccc1. The van der Waals surface area contributed by atoms with Crippen LogP contribution in [0.4, 0.5) is 0 Å². The Bertz CT molecular complexity index is 504. The van der Waals surface area contributed by atoms with Crippen molar-refractivity contribution in [2.75, 3.05) is 6.54 Å². The third-order valence-corrected chi connectivity index (χ3v) is 2.98. The van der Waals surface area contributed by atoms with Crippen LogP contribution >= 0.6 is 0 Å². The molecule has 4 heteroatoms. The van der Waals surface area contributed by atoms with Crippen LogP contribution in [0.2, 0.25) is 0 Å². The van der Waals surface area contributed by atoms with Gasteiger partial charge in [-0.3, -0.25) is 9.59 Å². The molecule has 1 rings (SSSR count). The first-order valence-corrected chi connectivity index (χ1v) is 7.55. The molecule has 120 valence electrons. The predicted molar refractivity (Wildman–Crippen MR) is 89.2 cm³/mol. The molecule has 0 bridgehead atoms. The minimum Gasteiger partial charge on any atom is -0.350 e. The topological polar surface area (TPSA) is 49.4 Å². The summed E-state index contributed by atoms with van der Waals surface area (Å²) in [6.07, 6.45) is 2.71. The minimum absolute atomic E-state index is 0.0344. The standard InChI is InChI=1S/C18H26N2O2/c1-5-6-12-17(22)20(13-15-10-8-7-9-11-15)14-16(21)19-18(2,3)4/h5,7-11H,1,6,12-14H2,2-4H3,(H,19,21). The van der Waals surface area contributed by atoms with Gasteiger partial charge in [-0.05, 0) is 32.8 Å². The number of hydrogen-bond acceptors (Lipinski definition) is 2. The molecule has 0 aliphatic heterocycles. The Kier molecular flexibility index (Phi) is 6.83. The van der Waals surface area contributed by atoms with Gasteiger partial charge in [0, 0.05) is 18.5 Å². The molecule has 0 atom stereocenters. The summed E-state index contributed by atoms with van der Waals surface area (Å²) in [6.45, 7) is 9.91. The maximum atomic E-state index is 12.3. The first kappa shape index (κ1) is 18.0. The number of benzene rings is 1. The van der Waals surface area contributed by atoms with Crippen molar-refractivity contribution in [3.63, 3.8) is 0 Å². The second-order valence-corrected chi connectivity index (χ2v) is 6.36. The Morgan fingerprint density at radius 2 is 1.86 bits per heavy atom. The van der Waals surface area contributed by atoms with Gasteiger partial charge in [-0.25, -0.2) is 0 Å². The van der Waals surface area contributed by atoms with Crippen molar-refractivity contribution in [1.82, 2.24) is 10.2 Å². The molecule has 0 aliphatic carbocycles. The zero-order valence-electron chi connectivity index (χ0n) is 13.8. The van der Waals surface area contributed by atoms with E-state index in [1.807, 2.05) is 51.1 Å². The van der Waals surface area contributed by atoms with E-state index in [1.54, 1.807) is 11.0 Å². The first-order chi connectivity index (χ1) is 10.3. The Morgan fingerprint density at radius 1 is 1.23 bits per heavy atom. The zero-order valence-corrected chi connectivity index (χ0v) is 13.8. The summed E-state index contributed by atoms with van der Waals surface area (Å²) in [5.41, 5.74) is 0.706. The Morgan fingerprint density at radius 3 is 2.41 bits per heavy atom. The fourth-order valence-corrected chi connectivity index (χ4v) is 2.05. The molecule has 1 aromatic carbocycles. The Labute approximate surface area is 133 Å². The molecule has 0 heterocycles. The van der Waals surface area contributed by atoms with Crippen LogP contribution in [0.3, 0.4) is 0 Å². The molecule has 22 heavy (non-hydrogen) atoms. The summed E-state index contributed by atoms with van der Waals surface area (Å²) in [7, 11) is 0. The molecule has 0 saturated carbocycles. The molecule has 0 unspecified atom stereocenters. The lowest BCUT2D eigenvalue weighted by molar-refractivity contribution is -0.137. The quantitative estimate of drug-likeness (QED) is 0.787. The Balaban J connectivity index is 2.75. The number of carbonyl (C=O) groups is 2. The van der Waals surface area contributed by atoms with Crippen LogP contribution in [0.1, 0.15) is 39.2 Å². The van der Waals surface area contributed by atoms with Gasteiger partial charge in [-0.2, -0.15) is 0 Å². The fraction of sp³-hybridized carbons (Fsp3) is 0.444. The van der Waals surface area contributed by atoms with Crippen molar-refractivity contribution in [2.24, 2.45) is 0 Å². The van der Waals surface area contributed by atoms with Crippen molar-refractivity contribution in [2.45, 2.75) is 45.7 Å². The van der Waals surface area contributed by atoms with E-state index in [9.17, 15) is 9.59 Å². The highest BCUT2D eigenvalue weighted by molar-refractivity contribution is 5.85. The van der Waals surface area contributed by atoms with E-state index in [-0.39, 0.29) is 23.9 Å². The van der Waals surface area contributed by atoms with Crippen LogP contribution in [0.25, 0.3) is 0 Å². The Hall–Kier alpha value is -2.10. The number of nitrogens with zero attached hydrogens (tertiary/aromatic N) is 1. The summed E-state index contributed by atoms with van der Waals surface area (Å²) in [5.74, 6) is -0.178. The molecule has 1 aromatic rings. The average Bonchev–Trinajstić information content (AvgIpc) is 2.43. The summed E-state index contributed by atoms with van der Waals surface area (Å²) >= 11 is 0. The lowest BCUT2D eigenvalue weighted by Gasteiger charge is -2.26. The molecule has 2 amide bonds. The fourth-order valence-electron chi connectivity index (χ4n) is 2.05. The lowest BCUT2D eigenvalue weighted by atomic mass is 10.1. The molecular weight excluding hydrogens is 276 g/mol. The molecule has 4 nitrogen and oxygen atoms in total. The monoisotopic (exact) mass is 302 g/mol. The van der Waals surface area contributed by atoms with Gasteiger partial charge in [-0.15, -0.1) is 6.58 Å². The third kappa shape index (κ3) is 7.07. The first-order valence-electron chi connectivity index (χ1n) is 7.55. The summed E-state index contributed by atoms with van der Waals surface area (Å²) in [6, 6.07) is 9.69. The smallest absolute Gasteiger partial charge is 0.240 e. The number of nitrogens with one attached hydrogen (secondary N) is 1. The number of allylic oxidation sites excluding steroid dienone is 1. The van der Waals surface area contributed by atoms with E-state index >= 15 is 0 Å². The van der Waals surface area contributed by atoms with Crippen LogP contribution in [-0.2, 0) is 16.1 Å². The molecule has 1 N–H and O–H groups in total. The van der Waals surface area contributed by atoms with Crippen LogP contribution in [0, 0.1) is 0 Å². The van der Waals surface area contributed by atoms with Gasteiger partial charge in [0.05, 0.1) is 6.54 Å². The van der Waals surface area contributed by atoms with Crippen LogP contribution in [-0.4, -0.2) is 28.8 Å². The number of hydrogen-bond donors (Lipinski definition) is 1. The van der Waals surface area contributed by atoms with E-state index in [0.29, 0.717) is 19.4 Å². The summed E-state index contributed by atoms with van der Waals surface area (Å²) in [4.78, 5) is 26.0. The second-order valence-electron chi connectivity index (χ2n) is 6.36. The van der Waals surface area contributed by atoms with E-state index in [2.05, 4.69) is 11.9 Å². The molecule has 0 spiro atoms. The van der Waals surface area contributed by atoms with Gasteiger partial charge in [0.15, 0.2) is 0 Å². The van der Waals surface area contributed by atoms with E-state index in [4.69, 9.17) is 0 Å². The zero-order chi connectivity index (χ0) is 16.6. The van der Waals surface area contributed by atoms with Gasteiger partial charge >= 0.3 is 0 Å². The van der Waals surface area contributed by atoms with Crippen molar-refractivity contribution >= 4 is 11.8 Å². The van der Waals surface area contributed by atoms with Gasteiger partial charge in [0.1, 0.15) is 0 Å². The van der Waals surface area contributed by atoms with Gasteiger partial charge in [0.25, 0.3) is 0 Å². The number of rotatable bonds is 7. The van der Waals surface area contributed by atoms with Gasteiger partial charge in [-0.1, -0.05) is 36.4 Å². The molecule has 0 aromatic heterocycles. The maximum Gasteiger partial charge on any atom is 0.240 e. The molecule has 0 fully saturated rings. The normalized spacial score (nSPS) is 10.9.